The van der Waals surface area contributed by atoms with Crippen LogP contribution in [0.4, 0.5) is 18.9 Å². The molecular weight excluding hydrogens is 539 g/mol. The number of aromatic nitrogens is 5. The second-order valence-electron chi connectivity index (χ2n) is 9.17. The molecule has 0 spiro atoms. The normalized spacial score (nSPS) is 11.7. The summed E-state index contributed by atoms with van der Waals surface area (Å²) in [4.78, 5) is 30.2. The van der Waals surface area contributed by atoms with Crippen LogP contribution >= 0.6 is 0 Å². The Kier molecular flexibility index (Phi) is 6.25. The van der Waals surface area contributed by atoms with E-state index in [0.717, 1.165) is 22.9 Å². The maximum absolute atomic E-state index is 14.1. The molecule has 10 nitrogen and oxygen atoms in total. The Balaban J connectivity index is 1.32. The third-order valence-corrected chi connectivity index (χ3v) is 6.29. The molecular formula is C28H20F3N7O3. The monoisotopic (exact) mass is 559 g/mol. The van der Waals surface area contributed by atoms with Crippen LogP contribution in [-0.2, 0) is 19.8 Å². The summed E-state index contributed by atoms with van der Waals surface area (Å²) in [6.07, 6.45) is -1.92. The maximum Gasteiger partial charge on any atom is 0.433 e. The van der Waals surface area contributed by atoms with Gasteiger partial charge in [0.15, 0.2) is 22.7 Å². The van der Waals surface area contributed by atoms with E-state index in [4.69, 9.17) is 4.42 Å². The lowest BCUT2D eigenvalue weighted by atomic mass is 10.0. The van der Waals surface area contributed by atoms with Gasteiger partial charge in [-0.05, 0) is 35.0 Å². The number of rotatable bonds is 6. The SMILES string of the molecule is Cn1cc(NC(=O)c2cc3nc(-c4ccc5ccccc5c4)cc(C(F)(F)F)n3n2)c(C(=O)NCc2ccco2)n1. The van der Waals surface area contributed by atoms with E-state index < -0.39 is 23.7 Å². The van der Waals surface area contributed by atoms with E-state index in [-0.39, 0.29) is 35.0 Å². The number of benzene rings is 2. The van der Waals surface area contributed by atoms with Crippen LogP contribution in [0, 0.1) is 0 Å². The lowest BCUT2D eigenvalue weighted by Crippen LogP contribution is -2.25. The summed E-state index contributed by atoms with van der Waals surface area (Å²) >= 11 is 0. The summed E-state index contributed by atoms with van der Waals surface area (Å²) in [5.74, 6) is -0.919. The number of alkyl halides is 3. The second kappa shape index (κ2) is 9.93. The van der Waals surface area contributed by atoms with E-state index >= 15 is 0 Å². The summed E-state index contributed by atoms with van der Waals surface area (Å²) < 4.78 is 49.4. The average Bonchev–Trinajstić information content (AvgIpc) is 3.70. The number of halogens is 3. The molecule has 6 aromatic rings. The Morgan fingerprint density at radius 1 is 0.951 bits per heavy atom. The smallest absolute Gasteiger partial charge is 0.433 e. The fourth-order valence-electron chi connectivity index (χ4n) is 4.38. The highest BCUT2D eigenvalue weighted by Crippen LogP contribution is 2.33. The van der Waals surface area contributed by atoms with Gasteiger partial charge in [0.05, 0.1) is 24.2 Å². The first-order valence-electron chi connectivity index (χ1n) is 12.3. The van der Waals surface area contributed by atoms with Gasteiger partial charge in [0.2, 0.25) is 0 Å². The minimum Gasteiger partial charge on any atom is -0.467 e. The molecule has 0 fully saturated rings. The molecule has 41 heavy (non-hydrogen) atoms. The molecule has 0 aliphatic carbocycles. The van der Waals surface area contributed by atoms with E-state index in [1.807, 2.05) is 24.3 Å². The number of hydrogen-bond donors (Lipinski definition) is 2. The van der Waals surface area contributed by atoms with Crippen molar-refractivity contribution < 1.29 is 27.2 Å². The lowest BCUT2D eigenvalue weighted by molar-refractivity contribution is -0.142. The third kappa shape index (κ3) is 5.12. The van der Waals surface area contributed by atoms with Crippen molar-refractivity contribution in [3.05, 3.63) is 102 Å². The molecule has 0 unspecified atom stereocenters. The van der Waals surface area contributed by atoms with Gasteiger partial charge in [0, 0.05) is 24.9 Å². The number of carbonyl (C=O) groups is 2. The predicted molar refractivity (Wildman–Crippen MR) is 142 cm³/mol. The summed E-state index contributed by atoms with van der Waals surface area (Å²) in [5.41, 5.74) is -1.09. The number of nitrogens with one attached hydrogen (secondary N) is 2. The molecule has 0 saturated carbocycles. The fraction of sp³-hybridized carbons (Fsp3) is 0.107. The lowest BCUT2D eigenvalue weighted by Gasteiger charge is -2.11. The number of anilines is 1. The number of amides is 2. The molecule has 0 saturated heterocycles. The molecule has 0 bridgehead atoms. The highest BCUT2D eigenvalue weighted by Gasteiger charge is 2.36. The molecule has 4 heterocycles. The molecule has 0 radical (unpaired) electrons. The number of furan rings is 1. The number of aryl methyl sites for hydroxylation is 1. The summed E-state index contributed by atoms with van der Waals surface area (Å²) in [7, 11) is 1.55. The highest BCUT2D eigenvalue weighted by atomic mass is 19.4. The number of carbonyl (C=O) groups excluding carboxylic acids is 2. The van der Waals surface area contributed by atoms with Gasteiger partial charge in [-0.2, -0.15) is 23.4 Å². The molecule has 0 atom stereocenters. The minimum absolute atomic E-state index is 0.0485. The summed E-state index contributed by atoms with van der Waals surface area (Å²) in [6, 6.07) is 18.1. The van der Waals surface area contributed by atoms with Crippen molar-refractivity contribution in [3.8, 4) is 11.3 Å². The molecule has 13 heteroatoms. The molecule has 4 aromatic heterocycles. The zero-order valence-electron chi connectivity index (χ0n) is 21.3. The van der Waals surface area contributed by atoms with Crippen molar-refractivity contribution in [1.82, 2.24) is 29.7 Å². The van der Waals surface area contributed by atoms with Crippen molar-refractivity contribution >= 4 is 33.9 Å². The first-order valence-corrected chi connectivity index (χ1v) is 12.3. The third-order valence-electron chi connectivity index (χ3n) is 6.29. The van der Waals surface area contributed by atoms with Crippen LogP contribution in [0.2, 0.25) is 0 Å². The first-order chi connectivity index (χ1) is 19.7. The highest BCUT2D eigenvalue weighted by molar-refractivity contribution is 6.07. The van der Waals surface area contributed by atoms with Crippen molar-refractivity contribution in [2.24, 2.45) is 7.05 Å². The molecule has 206 valence electrons. The van der Waals surface area contributed by atoms with Crippen LogP contribution in [0.5, 0.6) is 0 Å². The zero-order valence-corrected chi connectivity index (χ0v) is 21.3. The number of nitrogens with zero attached hydrogens (tertiary/aromatic N) is 5. The number of hydrogen-bond acceptors (Lipinski definition) is 6. The molecule has 2 amide bonds. The van der Waals surface area contributed by atoms with E-state index in [9.17, 15) is 22.8 Å². The van der Waals surface area contributed by atoms with Crippen LogP contribution in [0.3, 0.4) is 0 Å². The predicted octanol–water partition coefficient (Wildman–Crippen LogP) is 5.08. The standard InChI is InChI=1S/C28H20F3N7O3/c1-37-15-22(25(36-37)27(40)32-14-19-7-4-10-41-19)34-26(39)21-13-24-33-20(12-23(28(29,30)31)38(24)35-21)18-9-8-16-5-2-3-6-17(16)11-18/h2-13,15H,14H2,1H3,(H,32,40)(H,34,39). The average molecular weight is 560 g/mol. The van der Waals surface area contributed by atoms with Gasteiger partial charge < -0.3 is 15.1 Å². The van der Waals surface area contributed by atoms with Crippen LogP contribution in [0.15, 0.2) is 83.6 Å². The summed E-state index contributed by atoms with van der Waals surface area (Å²) in [5, 5.41) is 14.9. The number of fused-ring (bicyclic) bond motifs is 2. The quantitative estimate of drug-likeness (QED) is 0.294. The van der Waals surface area contributed by atoms with Gasteiger partial charge >= 0.3 is 6.18 Å². The first kappa shape index (κ1) is 25.8. The Hall–Kier alpha value is -5.46. The van der Waals surface area contributed by atoms with Crippen molar-refractivity contribution in [2.45, 2.75) is 12.7 Å². The van der Waals surface area contributed by atoms with Gasteiger partial charge in [-0.1, -0.05) is 36.4 Å². The van der Waals surface area contributed by atoms with E-state index in [2.05, 4.69) is 25.8 Å². The fourth-order valence-corrected chi connectivity index (χ4v) is 4.38. The second-order valence-corrected chi connectivity index (χ2v) is 9.17. The van der Waals surface area contributed by atoms with E-state index in [1.54, 1.807) is 37.4 Å². The minimum atomic E-state index is -4.78. The molecule has 0 aliphatic rings. The molecule has 2 N–H and O–H groups in total. The van der Waals surface area contributed by atoms with Crippen LogP contribution in [0.25, 0.3) is 27.7 Å². The molecule has 0 aliphatic heterocycles. The van der Waals surface area contributed by atoms with Crippen molar-refractivity contribution in [1.29, 1.82) is 0 Å². The van der Waals surface area contributed by atoms with Gasteiger partial charge in [-0.3, -0.25) is 14.3 Å². The van der Waals surface area contributed by atoms with Gasteiger partial charge in [0.25, 0.3) is 11.8 Å². The molecule has 2 aromatic carbocycles. The largest absolute Gasteiger partial charge is 0.467 e. The van der Waals surface area contributed by atoms with Gasteiger partial charge in [-0.25, -0.2) is 9.50 Å². The Labute approximate surface area is 229 Å². The van der Waals surface area contributed by atoms with Gasteiger partial charge in [-0.15, -0.1) is 0 Å². The Bertz CT molecular complexity index is 1920. The topological polar surface area (TPSA) is 119 Å². The van der Waals surface area contributed by atoms with Crippen LogP contribution in [0.1, 0.15) is 32.4 Å². The summed E-state index contributed by atoms with van der Waals surface area (Å²) in [6.45, 7) is 0.0909. The Morgan fingerprint density at radius 3 is 2.51 bits per heavy atom. The van der Waals surface area contributed by atoms with Crippen LogP contribution in [-0.4, -0.2) is 36.2 Å². The Morgan fingerprint density at radius 2 is 1.76 bits per heavy atom. The van der Waals surface area contributed by atoms with E-state index in [1.165, 1.54) is 17.1 Å². The van der Waals surface area contributed by atoms with Gasteiger partial charge in [0.1, 0.15) is 5.76 Å². The van der Waals surface area contributed by atoms with E-state index in [0.29, 0.717) is 15.8 Å². The molecule has 6 rings (SSSR count). The van der Waals surface area contributed by atoms with Crippen molar-refractivity contribution in [3.63, 3.8) is 0 Å². The zero-order chi connectivity index (χ0) is 28.7. The van der Waals surface area contributed by atoms with Crippen molar-refractivity contribution in [2.75, 3.05) is 5.32 Å². The maximum atomic E-state index is 14.1. The van der Waals surface area contributed by atoms with Crippen LogP contribution < -0.4 is 10.6 Å².